The summed E-state index contributed by atoms with van der Waals surface area (Å²) in [6.07, 6.45) is 0. The van der Waals surface area contributed by atoms with Crippen molar-refractivity contribution in [2.24, 2.45) is 0 Å². The molecule has 0 saturated carbocycles. The number of anilines is 2. The fourth-order valence-corrected chi connectivity index (χ4v) is 1.88. The van der Waals surface area contributed by atoms with E-state index in [1.807, 2.05) is 30.3 Å². The van der Waals surface area contributed by atoms with Crippen molar-refractivity contribution in [3.8, 4) is 0 Å². The minimum absolute atomic E-state index is 0. The van der Waals surface area contributed by atoms with Gasteiger partial charge in [-0.2, -0.15) is 0 Å². The number of hydrogen-bond acceptors (Lipinski definition) is 3. The molecule has 0 atom stereocenters. The maximum atomic E-state index is 10.7. The van der Waals surface area contributed by atoms with Crippen LogP contribution in [0.15, 0.2) is 54.6 Å². The van der Waals surface area contributed by atoms with E-state index < -0.39 is 10.3 Å². The predicted molar refractivity (Wildman–Crippen MR) is 78.1 cm³/mol. The van der Waals surface area contributed by atoms with Gasteiger partial charge in [0, 0.05) is 23.5 Å². The number of para-hydroxylation sites is 1. The summed E-state index contributed by atoms with van der Waals surface area (Å²) in [6.45, 7) is 0. The van der Waals surface area contributed by atoms with E-state index in [9.17, 15) is 13.9 Å². The Morgan fingerprint density at radius 2 is 1.45 bits per heavy atom. The Balaban J connectivity index is 0.00000200. The molecule has 20 heavy (non-hydrogen) atoms. The topological polar surface area (TPSA) is 91.7 Å². The van der Waals surface area contributed by atoms with Crippen LogP contribution in [-0.4, -0.2) is 46.6 Å². The summed E-state index contributed by atoms with van der Waals surface area (Å²) >= 11 is 0. The summed E-state index contributed by atoms with van der Waals surface area (Å²) in [5.74, 6) is 0. The summed E-state index contributed by atoms with van der Waals surface area (Å²) in [5.41, 5.74) is 10.8. The third-order valence-electron chi connectivity index (χ3n) is 2.37. The van der Waals surface area contributed by atoms with Crippen LogP contribution in [-0.2, 0) is 10.3 Å². The van der Waals surface area contributed by atoms with Gasteiger partial charge in [-0.25, -0.2) is 4.55 Å². The van der Waals surface area contributed by atoms with E-state index in [2.05, 4.69) is 5.32 Å². The standard InChI is InChI=1S/C12H11N3O3S.Na.H/c13-15(19(16,17)18)12-8-6-11(7-9-12)14-10-4-2-1-3-5-10;;/h1-9,14H,(H,16,17,18);;. The van der Waals surface area contributed by atoms with Gasteiger partial charge in [-0.05, 0) is 24.3 Å². The molecule has 0 aliphatic carbocycles. The van der Waals surface area contributed by atoms with Gasteiger partial charge in [0.1, 0.15) is 0 Å². The summed E-state index contributed by atoms with van der Waals surface area (Å²) < 4.78 is 29.9. The molecule has 0 bridgehead atoms. The second-order valence-corrected chi connectivity index (χ2v) is 5.00. The molecule has 0 fully saturated rings. The molecule has 0 spiro atoms. The van der Waals surface area contributed by atoms with Crippen LogP contribution in [0, 0.1) is 0 Å². The van der Waals surface area contributed by atoms with Gasteiger partial charge in [0.25, 0.3) is 0 Å². The Kier molecular flexibility index (Phi) is 5.85. The third-order valence-corrected chi connectivity index (χ3v) is 3.02. The molecule has 0 saturated heterocycles. The van der Waals surface area contributed by atoms with E-state index in [1.54, 1.807) is 12.1 Å². The van der Waals surface area contributed by atoms with E-state index in [0.717, 1.165) is 11.4 Å². The molecule has 0 aliphatic rings. The van der Waals surface area contributed by atoms with Gasteiger partial charge in [0.2, 0.25) is 5.69 Å². The summed E-state index contributed by atoms with van der Waals surface area (Å²) in [7, 11) is -4.66. The zero-order valence-corrected chi connectivity index (χ0v) is 10.6. The Morgan fingerprint density at radius 3 is 1.95 bits per heavy atom. The first-order valence-corrected chi connectivity index (χ1v) is 6.75. The quantitative estimate of drug-likeness (QED) is 0.392. The molecule has 0 unspecified atom stereocenters. The molecular formula is C12H12N3NaO3S. The molecule has 2 aromatic rings. The maximum absolute atomic E-state index is 10.7. The van der Waals surface area contributed by atoms with Crippen LogP contribution in [0.25, 0.3) is 5.53 Å². The van der Waals surface area contributed by atoms with Gasteiger partial charge >= 0.3 is 39.9 Å². The average Bonchev–Trinajstić information content (AvgIpc) is 2.39. The first kappa shape index (κ1) is 16.8. The Labute approximate surface area is 139 Å². The second-order valence-electron chi connectivity index (χ2n) is 3.76. The van der Waals surface area contributed by atoms with Crippen LogP contribution >= 0.6 is 0 Å². The van der Waals surface area contributed by atoms with E-state index in [4.69, 9.17) is 4.55 Å². The molecule has 0 radical (unpaired) electrons. The SMILES string of the molecule is [N-]=[N+](c1ccc(Nc2ccccc2)cc1)S(=O)(=O)O.[NaH]. The molecule has 2 N–H and O–H groups in total. The Bertz CT molecular complexity index is 688. The normalized spacial score (nSPS) is 10.4. The van der Waals surface area contributed by atoms with Crippen LogP contribution in [0.5, 0.6) is 0 Å². The molecule has 8 heteroatoms. The van der Waals surface area contributed by atoms with Crippen LogP contribution in [0.4, 0.5) is 17.1 Å². The fraction of sp³-hybridized carbons (Fsp3) is 0. The molecule has 100 valence electrons. The third kappa shape index (κ3) is 4.39. The zero-order chi connectivity index (χ0) is 13.9. The number of rotatable bonds is 4. The predicted octanol–water partition coefficient (Wildman–Crippen LogP) is 2.25. The van der Waals surface area contributed by atoms with Crippen LogP contribution in [0.3, 0.4) is 0 Å². The second kappa shape index (κ2) is 6.96. The van der Waals surface area contributed by atoms with Gasteiger partial charge in [0.15, 0.2) is 0 Å². The van der Waals surface area contributed by atoms with Gasteiger partial charge in [-0.3, -0.25) is 0 Å². The van der Waals surface area contributed by atoms with Crippen molar-refractivity contribution in [2.75, 3.05) is 5.32 Å². The van der Waals surface area contributed by atoms with E-state index in [0.29, 0.717) is 0 Å². The van der Waals surface area contributed by atoms with E-state index >= 15 is 0 Å². The molecule has 2 rings (SSSR count). The van der Waals surface area contributed by atoms with Gasteiger partial charge in [-0.15, -0.1) is 12.5 Å². The number of hydrogen-bond donors (Lipinski definition) is 2. The van der Waals surface area contributed by atoms with E-state index in [-0.39, 0.29) is 39.3 Å². The van der Waals surface area contributed by atoms with Crippen molar-refractivity contribution in [1.29, 1.82) is 0 Å². The molecule has 6 nitrogen and oxygen atoms in total. The van der Waals surface area contributed by atoms with Crippen molar-refractivity contribution < 1.29 is 17.1 Å². The molecule has 0 aliphatic heterocycles. The first-order chi connectivity index (χ1) is 8.97. The zero-order valence-electron chi connectivity index (χ0n) is 9.76. The van der Waals surface area contributed by atoms with Crippen molar-refractivity contribution in [1.82, 2.24) is 0 Å². The fourth-order valence-electron chi connectivity index (χ4n) is 1.49. The molecule has 0 heterocycles. The minimum atomic E-state index is -4.66. The van der Waals surface area contributed by atoms with Crippen molar-refractivity contribution in [2.45, 2.75) is 0 Å². The summed E-state index contributed by atoms with van der Waals surface area (Å²) in [5, 5.41) is 3.10. The number of nitrogens with zero attached hydrogens (tertiary/aromatic N) is 2. The van der Waals surface area contributed by atoms with Crippen molar-refractivity contribution >= 4 is 56.9 Å². The van der Waals surface area contributed by atoms with Crippen molar-refractivity contribution in [3.05, 3.63) is 60.1 Å². The monoisotopic (exact) mass is 301 g/mol. The molecule has 2 aromatic carbocycles. The number of nitrogens with one attached hydrogen (secondary N) is 1. The first-order valence-electron chi connectivity index (χ1n) is 5.35. The molecule has 0 aromatic heterocycles. The van der Waals surface area contributed by atoms with Gasteiger partial charge in [0.05, 0.1) is 0 Å². The summed E-state index contributed by atoms with van der Waals surface area (Å²) in [4.78, 5) is 0. The van der Waals surface area contributed by atoms with Gasteiger partial charge < -0.3 is 10.8 Å². The average molecular weight is 301 g/mol. The van der Waals surface area contributed by atoms with Crippen LogP contribution < -0.4 is 5.32 Å². The van der Waals surface area contributed by atoms with Crippen LogP contribution in [0.2, 0.25) is 0 Å². The van der Waals surface area contributed by atoms with Gasteiger partial charge in [-0.1, -0.05) is 18.2 Å². The molecule has 0 amide bonds. The van der Waals surface area contributed by atoms with Crippen molar-refractivity contribution in [3.63, 3.8) is 0 Å². The molecular weight excluding hydrogens is 289 g/mol. The summed E-state index contributed by atoms with van der Waals surface area (Å²) in [6, 6.07) is 15.3. The Morgan fingerprint density at radius 1 is 0.950 bits per heavy atom. The Hall–Kier alpha value is -1.25. The van der Waals surface area contributed by atoms with E-state index in [1.165, 1.54) is 12.1 Å². The number of benzene rings is 2. The van der Waals surface area contributed by atoms with Crippen LogP contribution in [0.1, 0.15) is 0 Å².